The lowest BCUT2D eigenvalue weighted by Gasteiger charge is -2.22. The Bertz CT molecular complexity index is 704. The minimum absolute atomic E-state index is 0.0135. The van der Waals surface area contributed by atoms with Gasteiger partial charge in [-0.2, -0.15) is 4.98 Å². The topological polar surface area (TPSA) is 96.3 Å². The van der Waals surface area contributed by atoms with Crippen molar-refractivity contribution in [3.8, 4) is 17.2 Å². The number of benzene rings is 1. The molecule has 4 N–H and O–H groups in total. The Morgan fingerprint density at radius 1 is 1.18 bits per heavy atom. The lowest BCUT2D eigenvalue weighted by Crippen LogP contribution is -2.13. The first-order chi connectivity index (χ1) is 10.2. The van der Waals surface area contributed by atoms with Gasteiger partial charge in [0.25, 0.3) is 0 Å². The largest absolute Gasteiger partial charge is 0.496 e. The van der Waals surface area contributed by atoms with Crippen LogP contribution >= 0.6 is 11.6 Å². The summed E-state index contributed by atoms with van der Waals surface area (Å²) in [4.78, 5) is 7.58. The van der Waals surface area contributed by atoms with Crippen molar-refractivity contribution >= 4 is 23.4 Å². The zero-order valence-electron chi connectivity index (χ0n) is 12.4. The number of halogens is 2. The van der Waals surface area contributed by atoms with Crippen LogP contribution in [-0.2, 0) is 5.67 Å². The van der Waals surface area contributed by atoms with E-state index in [2.05, 4.69) is 9.97 Å². The van der Waals surface area contributed by atoms with Crippen LogP contribution in [0.15, 0.2) is 18.3 Å². The molecule has 1 aromatic carbocycles. The summed E-state index contributed by atoms with van der Waals surface area (Å²) in [5.74, 6) is 0.625. The van der Waals surface area contributed by atoms with Crippen molar-refractivity contribution in [3.05, 3.63) is 28.9 Å². The highest BCUT2D eigenvalue weighted by Gasteiger charge is 2.29. The molecule has 2 rings (SSSR count). The van der Waals surface area contributed by atoms with Crippen LogP contribution in [0, 0.1) is 0 Å². The third kappa shape index (κ3) is 3.30. The summed E-state index contributed by atoms with van der Waals surface area (Å²) in [6.07, 6.45) is 1.31. The molecule has 2 aromatic rings. The maximum absolute atomic E-state index is 14.5. The SMILES string of the molecule is COc1cc(Cl)cc(Oc2cnc(N)nc2N)c1C(C)(C)F. The Kier molecular flexibility index (Phi) is 4.27. The summed E-state index contributed by atoms with van der Waals surface area (Å²) < 4.78 is 25.4. The second-order valence-corrected chi connectivity index (χ2v) is 5.47. The van der Waals surface area contributed by atoms with Gasteiger partial charge in [-0.05, 0) is 19.9 Å². The van der Waals surface area contributed by atoms with Gasteiger partial charge in [0, 0.05) is 11.1 Å². The molecule has 0 spiro atoms. The number of nitrogens with two attached hydrogens (primary N) is 2. The van der Waals surface area contributed by atoms with Crippen molar-refractivity contribution in [2.75, 3.05) is 18.6 Å². The summed E-state index contributed by atoms with van der Waals surface area (Å²) in [5, 5.41) is 0.329. The Morgan fingerprint density at radius 3 is 2.36 bits per heavy atom. The van der Waals surface area contributed by atoms with E-state index in [0.29, 0.717) is 5.02 Å². The first-order valence-electron chi connectivity index (χ1n) is 6.35. The molecular formula is C14H16ClFN4O2. The van der Waals surface area contributed by atoms with Gasteiger partial charge in [0.05, 0.1) is 18.9 Å². The minimum atomic E-state index is -1.73. The quantitative estimate of drug-likeness (QED) is 0.894. The van der Waals surface area contributed by atoms with Crippen molar-refractivity contribution in [1.82, 2.24) is 9.97 Å². The van der Waals surface area contributed by atoms with Gasteiger partial charge in [0.2, 0.25) is 5.95 Å². The number of ether oxygens (including phenoxy) is 2. The maximum atomic E-state index is 14.5. The Balaban J connectivity index is 2.56. The smallest absolute Gasteiger partial charge is 0.222 e. The number of methoxy groups -OCH3 is 1. The molecule has 1 aromatic heterocycles. The van der Waals surface area contributed by atoms with E-state index in [0.717, 1.165) is 0 Å². The molecule has 0 aliphatic carbocycles. The molecule has 1 heterocycles. The normalized spacial score (nSPS) is 11.3. The van der Waals surface area contributed by atoms with Crippen molar-refractivity contribution in [2.45, 2.75) is 19.5 Å². The van der Waals surface area contributed by atoms with Crippen LogP contribution in [0.4, 0.5) is 16.2 Å². The van der Waals surface area contributed by atoms with E-state index in [-0.39, 0.29) is 34.6 Å². The average molecular weight is 327 g/mol. The van der Waals surface area contributed by atoms with Crippen molar-refractivity contribution in [2.24, 2.45) is 0 Å². The van der Waals surface area contributed by atoms with Crippen LogP contribution in [0.2, 0.25) is 5.02 Å². The monoisotopic (exact) mass is 326 g/mol. The van der Waals surface area contributed by atoms with Gasteiger partial charge in [-0.3, -0.25) is 0 Å². The fourth-order valence-corrected chi connectivity index (χ4v) is 2.18. The number of rotatable bonds is 4. The zero-order valence-corrected chi connectivity index (χ0v) is 13.1. The molecular weight excluding hydrogens is 311 g/mol. The van der Waals surface area contributed by atoms with Gasteiger partial charge in [-0.25, -0.2) is 9.37 Å². The average Bonchev–Trinajstić information content (AvgIpc) is 2.39. The van der Waals surface area contributed by atoms with Crippen molar-refractivity contribution in [3.63, 3.8) is 0 Å². The third-order valence-corrected chi connectivity index (χ3v) is 3.08. The fraction of sp³-hybridized carbons (Fsp3) is 0.286. The molecule has 0 amide bonds. The Morgan fingerprint density at radius 2 is 1.82 bits per heavy atom. The lowest BCUT2D eigenvalue weighted by molar-refractivity contribution is 0.207. The molecule has 6 nitrogen and oxygen atoms in total. The van der Waals surface area contributed by atoms with E-state index >= 15 is 0 Å². The van der Waals surface area contributed by atoms with Crippen molar-refractivity contribution in [1.29, 1.82) is 0 Å². The van der Waals surface area contributed by atoms with E-state index in [9.17, 15) is 4.39 Å². The molecule has 0 saturated carbocycles. The first kappa shape index (κ1) is 16.1. The van der Waals surface area contributed by atoms with Crippen LogP contribution < -0.4 is 20.9 Å². The summed E-state index contributed by atoms with van der Waals surface area (Å²) >= 11 is 6.02. The fourth-order valence-electron chi connectivity index (χ4n) is 1.98. The van der Waals surface area contributed by atoms with Gasteiger partial charge in [-0.15, -0.1) is 0 Å². The summed E-state index contributed by atoms with van der Waals surface area (Å²) in [6, 6.07) is 2.98. The van der Waals surface area contributed by atoms with Crippen LogP contribution in [0.25, 0.3) is 0 Å². The number of nitrogens with zero attached hydrogens (tertiary/aromatic N) is 2. The van der Waals surface area contributed by atoms with E-state index in [1.54, 1.807) is 0 Å². The van der Waals surface area contributed by atoms with Crippen LogP contribution in [0.5, 0.6) is 17.2 Å². The highest BCUT2D eigenvalue weighted by molar-refractivity contribution is 6.30. The highest BCUT2D eigenvalue weighted by Crippen LogP contribution is 2.44. The molecule has 0 saturated heterocycles. The molecule has 0 atom stereocenters. The minimum Gasteiger partial charge on any atom is -0.496 e. The summed E-state index contributed by atoms with van der Waals surface area (Å²) in [5.41, 5.74) is 9.63. The van der Waals surface area contributed by atoms with Crippen LogP contribution in [0.3, 0.4) is 0 Å². The van der Waals surface area contributed by atoms with Gasteiger partial charge in [0.15, 0.2) is 11.6 Å². The van der Waals surface area contributed by atoms with E-state index in [1.807, 2.05) is 0 Å². The molecule has 0 radical (unpaired) electrons. The van der Waals surface area contributed by atoms with E-state index in [1.165, 1.54) is 39.3 Å². The highest BCUT2D eigenvalue weighted by atomic mass is 35.5. The van der Waals surface area contributed by atoms with Gasteiger partial charge < -0.3 is 20.9 Å². The summed E-state index contributed by atoms with van der Waals surface area (Å²) in [7, 11) is 1.42. The predicted molar refractivity (Wildman–Crippen MR) is 83.1 cm³/mol. The van der Waals surface area contributed by atoms with Gasteiger partial charge in [-0.1, -0.05) is 11.6 Å². The molecule has 0 aliphatic rings. The predicted octanol–water partition coefficient (Wildman–Crippen LogP) is 3.30. The number of anilines is 2. The molecule has 0 bridgehead atoms. The molecule has 0 aliphatic heterocycles. The number of alkyl halides is 1. The number of nitrogen functional groups attached to an aromatic ring is 2. The number of aromatic nitrogens is 2. The van der Waals surface area contributed by atoms with Gasteiger partial charge >= 0.3 is 0 Å². The number of hydrogen-bond acceptors (Lipinski definition) is 6. The van der Waals surface area contributed by atoms with Gasteiger partial charge in [0.1, 0.15) is 17.2 Å². The van der Waals surface area contributed by atoms with Crippen LogP contribution in [0.1, 0.15) is 19.4 Å². The Hall–Kier alpha value is -2.28. The Labute approximate surface area is 132 Å². The summed E-state index contributed by atoms with van der Waals surface area (Å²) in [6.45, 7) is 2.77. The lowest BCUT2D eigenvalue weighted by atomic mass is 9.98. The zero-order chi connectivity index (χ0) is 16.5. The second kappa shape index (κ2) is 5.84. The van der Waals surface area contributed by atoms with E-state index < -0.39 is 5.67 Å². The first-order valence-corrected chi connectivity index (χ1v) is 6.73. The molecule has 8 heteroatoms. The standard InChI is InChI=1S/C14H16ClFN4O2/c1-14(2,16)11-8(21-3)4-7(15)5-9(11)22-10-6-19-13(18)20-12(10)17/h4-6H,1-3H3,(H4,17,18,19,20). The molecule has 22 heavy (non-hydrogen) atoms. The molecule has 0 fully saturated rings. The maximum Gasteiger partial charge on any atom is 0.222 e. The second-order valence-electron chi connectivity index (χ2n) is 5.03. The molecule has 118 valence electrons. The van der Waals surface area contributed by atoms with Crippen LogP contribution in [-0.4, -0.2) is 17.1 Å². The van der Waals surface area contributed by atoms with E-state index in [4.69, 9.17) is 32.5 Å². The number of hydrogen-bond donors (Lipinski definition) is 2. The third-order valence-electron chi connectivity index (χ3n) is 2.87. The molecule has 0 unspecified atom stereocenters. The van der Waals surface area contributed by atoms with Crippen molar-refractivity contribution < 1.29 is 13.9 Å².